The molecular weight excluding hydrogens is 328 g/mol. The Labute approximate surface area is 143 Å². The van der Waals surface area contributed by atoms with Crippen LogP contribution in [-0.2, 0) is 9.53 Å². The van der Waals surface area contributed by atoms with Gasteiger partial charge in [-0.25, -0.2) is 13.6 Å². The summed E-state index contributed by atoms with van der Waals surface area (Å²) in [7, 11) is 0. The molecule has 4 nitrogen and oxygen atoms in total. The molecular formula is C19H13F2NO3. The molecule has 0 N–H and O–H groups in total. The lowest BCUT2D eigenvalue weighted by molar-refractivity contribution is -0.137. The van der Waals surface area contributed by atoms with E-state index >= 15 is 0 Å². The van der Waals surface area contributed by atoms with Crippen molar-refractivity contribution in [2.24, 2.45) is 0 Å². The molecule has 0 unspecified atom stereocenters. The summed E-state index contributed by atoms with van der Waals surface area (Å²) in [5.74, 6) is -3.94. The van der Waals surface area contributed by atoms with Gasteiger partial charge in [-0.1, -0.05) is 29.8 Å². The van der Waals surface area contributed by atoms with E-state index in [1.54, 1.807) is 18.2 Å². The van der Waals surface area contributed by atoms with Crippen molar-refractivity contribution in [3.05, 3.63) is 76.4 Å². The summed E-state index contributed by atoms with van der Waals surface area (Å²) in [5, 5.41) is 9.07. The van der Waals surface area contributed by atoms with Crippen LogP contribution in [0.1, 0.15) is 21.5 Å². The van der Waals surface area contributed by atoms with Crippen LogP contribution in [0.5, 0.6) is 0 Å². The van der Waals surface area contributed by atoms with E-state index in [-0.39, 0.29) is 11.1 Å². The number of halogens is 2. The largest absolute Gasteiger partial charge is 0.453 e. The van der Waals surface area contributed by atoms with Crippen LogP contribution in [0.3, 0.4) is 0 Å². The van der Waals surface area contributed by atoms with E-state index in [0.29, 0.717) is 5.56 Å². The predicted molar refractivity (Wildman–Crippen MR) is 86.4 cm³/mol. The number of esters is 1. The first-order valence-electron chi connectivity index (χ1n) is 7.24. The molecule has 0 amide bonds. The van der Waals surface area contributed by atoms with Crippen molar-refractivity contribution in [1.82, 2.24) is 0 Å². The van der Waals surface area contributed by atoms with Crippen LogP contribution in [-0.4, -0.2) is 18.4 Å². The van der Waals surface area contributed by atoms with Gasteiger partial charge in [-0.2, -0.15) is 5.26 Å². The minimum Gasteiger partial charge on any atom is -0.453 e. The minimum atomic E-state index is -1.17. The summed E-state index contributed by atoms with van der Waals surface area (Å²) in [6.45, 7) is 1.22. The molecule has 0 fully saturated rings. The highest BCUT2D eigenvalue weighted by molar-refractivity contribution is 6.01. The lowest BCUT2D eigenvalue weighted by Crippen LogP contribution is -2.15. The van der Waals surface area contributed by atoms with Crippen LogP contribution in [0.2, 0.25) is 0 Å². The van der Waals surface area contributed by atoms with Gasteiger partial charge in [0.1, 0.15) is 11.6 Å². The van der Waals surface area contributed by atoms with Gasteiger partial charge in [0.05, 0.1) is 0 Å². The number of aryl methyl sites for hydroxylation is 1. The lowest BCUT2D eigenvalue weighted by atomic mass is 10.1. The predicted octanol–water partition coefficient (Wildman–Crippen LogP) is 3.61. The molecule has 2 aromatic rings. The van der Waals surface area contributed by atoms with Gasteiger partial charge < -0.3 is 4.74 Å². The van der Waals surface area contributed by atoms with Crippen LogP contribution < -0.4 is 0 Å². The maximum absolute atomic E-state index is 13.1. The minimum absolute atomic E-state index is 0.132. The Morgan fingerprint density at radius 1 is 1.12 bits per heavy atom. The van der Waals surface area contributed by atoms with Crippen molar-refractivity contribution in [1.29, 1.82) is 5.26 Å². The molecule has 2 rings (SSSR count). The third-order valence-electron chi connectivity index (χ3n) is 3.30. The zero-order valence-electron chi connectivity index (χ0n) is 13.3. The van der Waals surface area contributed by atoms with E-state index in [2.05, 4.69) is 0 Å². The van der Waals surface area contributed by atoms with E-state index < -0.39 is 30.0 Å². The van der Waals surface area contributed by atoms with Gasteiger partial charge in [0.25, 0.3) is 0 Å². The highest BCUT2D eigenvalue weighted by Gasteiger charge is 2.15. The Bertz CT molecular complexity index is 881. The SMILES string of the molecule is Cc1ccc(/C=C(\C#N)C(=O)OCC(=O)c2ccc(F)c(F)c2)cc1. The molecule has 126 valence electrons. The molecule has 0 radical (unpaired) electrons. The van der Waals surface area contributed by atoms with Crippen LogP contribution in [0.25, 0.3) is 6.08 Å². The summed E-state index contributed by atoms with van der Waals surface area (Å²) >= 11 is 0. The Morgan fingerprint density at radius 3 is 2.40 bits per heavy atom. The Hall–Kier alpha value is -3.33. The molecule has 25 heavy (non-hydrogen) atoms. The van der Waals surface area contributed by atoms with Gasteiger partial charge >= 0.3 is 5.97 Å². The van der Waals surface area contributed by atoms with Crippen molar-refractivity contribution in [3.8, 4) is 6.07 Å². The number of hydrogen-bond donors (Lipinski definition) is 0. The quantitative estimate of drug-likeness (QED) is 0.361. The summed E-state index contributed by atoms with van der Waals surface area (Å²) in [5.41, 5.74) is 1.25. The highest BCUT2D eigenvalue weighted by atomic mass is 19.2. The normalized spacial score (nSPS) is 10.9. The highest BCUT2D eigenvalue weighted by Crippen LogP contribution is 2.12. The molecule has 0 saturated carbocycles. The van der Waals surface area contributed by atoms with E-state index in [0.717, 1.165) is 23.8 Å². The molecule has 0 aliphatic carbocycles. The molecule has 0 aliphatic rings. The van der Waals surface area contributed by atoms with Crippen molar-refractivity contribution in [2.75, 3.05) is 6.61 Å². The van der Waals surface area contributed by atoms with Gasteiger partial charge in [0, 0.05) is 5.56 Å². The van der Waals surface area contributed by atoms with Gasteiger partial charge in [-0.15, -0.1) is 0 Å². The fraction of sp³-hybridized carbons (Fsp3) is 0.105. The third kappa shape index (κ3) is 4.82. The third-order valence-corrected chi connectivity index (χ3v) is 3.30. The van der Waals surface area contributed by atoms with Crippen molar-refractivity contribution in [2.45, 2.75) is 6.92 Å². The first-order chi connectivity index (χ1) is 11.9. The van der Waals surface area contributed by atoms with E-state index in [4.69, 9.17) is 10.00 Å². The molecule has 0 bridgehead atoms. The van der Waals surface area contributed by atoms with Gasteiger partial charge in [0.15, 0.2) is 24.0 Å². The second-order valence-electron chi connectivity index (χ2n) is 5.21. The van der Waals surface area contributed by atoms with E-state index in [1.165, 1.54) is 6.08 Å². The first-order valence-corrected chi connectivity index (χ1v) is 7.24. The zero-order chi connectivity index (χ0) is 18.4. The van der Waals surface area contributed by atoms with Crippen LogP contribution in [0.15, 0.2) is 48.0 Å². The van der Waals surface area contributed by atoms with Crippen molar-refractivity contribution >= 4 is 17.8 Å². The molecule has 0 aliphatic heterocycles. The molecule has 2 aromatic carbocycles. The monoisotopic (exact) mass is 341 g/mol. The second kappa shape index (κ2) is 7.97. The van der Waals surface area contributed by atoms with Gasteiger partial charge in [-0.3, -0.25) is 4.79 Å². The van der Waals surface area contributed by atoms with Crippen molar-refractivity contribution < 1.29 is 23.1 Å². The fourth-order valence-electron chi connectivity index (χ4n) is 1.93. The fourth-order valence-corrected chi connectivity index (χ4v) is 1.93. The standard InChI is InChI=1S/C19H13F2NO3/c1-12-2-4-13(5-3-12)8-15(10-22)19(24)25-11-18(23)14-6-7-16(20)17(21)9-14/h2-9H,11H2,1H3/b15-8+. The summed E-state index contributed by atoms with van der Waals surface area (Å²) in [4.78, 5) is 23.8. The molecule has 0 aromatic heterocycles. The van der Waals surface area contributed by atoms with Gasteiger partial charge in [0.2, 0.25) is 0 Å². The van der Waals surface area contributed by atoms with Crippen LogP contribution >= 0.6 is 0 Å². The Kier molecular flexibility index (Phi) is 5.75. The number of hydrogen-bond acceptors (Lipinski definition) is 4. The maximum Gasteiger partial charge on any atom is 0.349 e. The Morgan fingerprint density at radius 2 is 1.80 bits per heavy atom. The molecule has 0 heterocycles. The zero-order valence-corrected chi connectivity index (χ0v) is 13.3. The number of ketones is 1. The van der Waals surface area contributed by atoms with E-state index in [1.807, 2.05) is 19.1 Å². The molecule has 0 spiro atoms. The average Bonchev–Trinajstić information content (AvgIpc) is 2.61. The number of rotatable bonds is 5. The van der Waals surface area contributed by atoms with Crippen LogP contribution in [0, 0.1) is 29.9 Å². The Balaban J connectivity index is 2.04. The van der Waals surface area contributed by atoms with Crippen molar-refractivity contribution in [3.63, 3.8) is 0 Å². The smallest absolute Gasteiger partial charge is 0.349 e. The second-order valence-corrected chi connectivity index (χ2v) is 5.21. The number of carbonyl (C=O) groups excluding carboxylic acids is 2. The summed E-state index contributed by atoms with van der Waals surface area (Å²) in [6.07, 6.45) is 1.34. The maximum atomic E-state index is 13.1. The molecule has 0 atom stereocenters. The molecule has 0 saturated heterocycles. The topological polar surface area (TPSA) is 67.2 Å². The summed E-state index contributed by atoms with van der Waals surface area (Å²) in [6, 6.07) is 11.4. The average molecular weight is 341 g/mol. The van der Waals surface area contributed by atoms with Gasteiger partial charge in [-0.05, 0) is 36.8 Å². The number of nitrogens with zero attached hydrogens (tertiary/aromatic N) is 1. The van der Waals surface area contributed by atoms with Crippen LogP contribution in [0.4, 0.5) is 8.78 Å². The number of nitriles is 1. The van der Waals surface area contributed by atoms with E-state index in [9.17, 15) is 18.4 Å². The number of Topliss-reactive ketones (excluding diaryl/α,β-unsaturated/α-hetero) is 1. The number of benzene rings is 2. The molecule has 6 heteroatoms. The summed E-state index contributed by atoms with van der Waals surface area (Å²) < 4.78 is 30.7. The number of carbonyl (C=O) groups is 2. The number of ether oxygens (including phenoxy) is 1. The first kappa shape index (κ1) is 18.0. The lowest BCUT2D eigenvalue weighted by Gasteiger charge is -2.04.